The first-order chi connectivity index (χ1) is 12.2. The van der Waals surface area contributed by atoms with Crippen LogP contribution >= 0.6 is 0 Å². The molecule has 2 aromatic heterocycles. The topological polar surface area (TPSA) is 66.7 Å². The molecule has 0 radical (unpaired) electrons. The van der Waals surface area contributed by atoms with E-state index in [0.29, 0.717) is 25.4 Å². The van der Waals surface area contributed by atoms with Crippen LogP contribution in [0.3, 0.4) is 0 Å². The van der Waals surface area contributed by atoms with Gasteiger partial charge in [-0.2, -0.15) is 0 Å². The lowest BCUT2D eigenvalue weighted by atomic mass is 9.78. The van der Waals surface area contributed by atoms with E-state index in [0.717, 1.165) is 31.4 Å². The summed E-state index contributed by atoms with van der Waals surface area (Å²) in [6, 6.07) is 7.26. The summed E-state index contributed by atoms with van der Waals surface area (Å²) in [6.07, 6.45) is 7.50. The highest BCUT2D eigenvalue weighted by Gasteiger charge is 2.49. The van der Waals surface area contributed by atoms with Crippen molar-refractivity contribution >= 4 is 11.8 Å². The van der Waals surface area contributed by atoms with Crippen LogP contribution in [0.1, 0.15) is 35.4 Å². The minimum Gasteiger partial charge on any atom is -0.459 e. The molecule has 4 rings (SSSR count). The number of rotatable bonds is 3. The molecule has 2 saturated heterocycles. The predicted octanol–water partition coefficient (Wildman–Crippen LogP) is 2.33. The summed E-state index contributed by atoms with van der Waals surface area (Å²) in [5.74, 6) is 0.391. The number of hydrogen-bond donors (Lipinski definition) is 0. The van der Waals surface area contributed by atoms with Gasteiger partial charge in [0.2, 0.25) is 5.91 Å². The first-order valence-corrected chi connectivity index (χ1v) is 8.69. The van der Waals surface area contributed by atoms with E-state index in [9.17, 15) is 9.59 Å². The smallest absolute Gasteiger partial charge is 0.289 e. The third-order valence-corrected chi connectivity index (χ3v) is 5.32. The van der Waals surface area contributed by atoms with E-state index in [-0.39, 0.29) is 11.8 Å². The van der Waals surface area contributed by atoms with Crippen LogP contribution in [0.5, 0.6) is 0 Å². The fourth-order valence-corrected chi connectivity index (χ4v) is 3.99. The molecule has 1 atom stereocenters. The molecule has 25 heavy (non-hydrogen) atoms. The van der Waals surface area contributed by atoms with Crippen LogP contribution < -0.4 is 0 Å². The van der Waals surface area contributed by atoms with Crippen molar-refractivity contribution in [3.05, 3.63) is 54.2 Å². The van der Waals surface area contributed by atoms with E-state index in [1.165, 1.54) is 6.26 Å². The molecule has 1 spiro atoms. The van der Waals surface area contributed by atoms with Crippen molar-refractivity contribution in [2.24, 2.45) is 5.41 Å². The third-order valence-electron chi connectivity index (χ3n) is 5.32. The average Bonchev–Trinajstić information content (AvgIpc) is 3.28. The Morgan fingerprint density at radius 1 is 1.20 bits per heavy atom. The second kappa shape index (κ2) is 6.35. The average molecular weight is 339 g/mol. The highest BCUT2D eigenvalue weighted by molar-refractivity contribution is 5.93. The number of amides is 2. The zero-order valence-electron chi connectivity index (χ0n) is 14.1. The molecule has 2 amide bonds. The quantitative estimate of drug-likeness (QED) is 0.861. The van der Waals surface area contributed by atoms with E-state index in [4.69, 9.17) is 4.42 Å². The number of hydrogen-bond acceptors (Lipinski definition) is 4. The number of carbonyl (C=O) groups is 2. The molecule has 4 heterocycles. The molecule has 0 saturated carbocycles. The SMILES string of the molecule is O=C(c1ccco1)N1CCC[C@]2(CCN(Cc3ccncc3)C2=O)C1. The lowest BCUT2D eigenvalue weighted by Crippen LogP contribution is -2.49. The maximum absolute atomic E-state index is 13.1. The van der Waals surface area contributed by atoms with Crippen LogP contribution in [-0.2, 0) is 11.3 Å². The molecule has 0 aliphatic carbocycles. The van der Waals surface area contributed by atoms with Gasteiger partial charge in [0.15, 0.2) is 5.76 Å². The zero-order chi connectivity index (χ0) is 17.3. The Morgan fingerprint density at radius 3 is 2.80 bits per heavy atom. The second-order valence-corrected chi connectivity index (χ2v) is 6.92. The number of aromatic nitrogens is 1. The van der Waals surface area contributed by atoms with Crippen molar-refractivity contribution in [1.29, 1.82) is 0 Å². The van der Waals surface area contributed by atoms with Crippen LogP contribution in [0.4, 0.5) is 0 Å². The molecule has 2 fully saturated rings. The molecule has 0 N–H and O–H groups in total. The van der Waals surface area contributed by atoms with Gasteiger partial charge in [-0.05, 0) is 49.1 Å². The van der Waals surface area contributed by atoms with Crippen LogP contribution in [0.25, 0.3) is 0 Å². The molecule has 6 nitrogen and oxygen atoms in total. The molecule has 2 aliphatic heterocycles. The Hall–Kier alpha value is -2.63. The first-order valence-electron chi connectivity index (χ1n) is 8.69. The summed E-state index contributed by atoms with van der Waals surface area (Å²) in [5.41, 5.74) is 0.646. The van der Waals surface area contributed by atoms with Crippen LogP contribution in [0.2, 0.25) is 0 Å². The minimum atomic E-state index is -0.437. The van der Waals surface area contributed by atoms with Crippen LogP contribution in [0.15, 0.2) is 47.3 Å². The number of carbonyl (C=O) groups excluding carboxylic acids is 2. The zero-order valence-corrected chi connectivity index (χ0v) is 14.1. The molecule has 6 heteroatoms. The van der Waals surface area contributed by atoms with Gasteiger partial charge in [0, 0.05) is 38.6 Å². The van der Waals surface area contributed by atoms with Crippen molar-refractivity contribution in [3.8, 4) is 0 Å². The first kappa shape index (κ1) is 15.9. The molecule has 2 aromatic rings. The van der Waals surface area contributed by atoms with Gasteiger partial charge < -0.3 is 14.2 Å². The Balaban J connectivity index is 1.48. The number of piperidine rings is 1. The normalized spacial score (nSPS) is 23.4. The van der Waals surface area contributed by atoms with Gasteiger partial charge in [-0.25, -0.2) is 0 Å². The monoisotopic (exact) mass is 339 g/mol. The number of furan rings is 1. The largest absolute Gasteiger partial charge is 0.459 e. The molecule has 0 bridgehead atoms. The van der Waals surface area contributed by atoms with E-state index in [1.54, 1.807) is 29.4 Å². The van der Waals surface area contributed by atoms with Crippen molar-refractivity contribution in [2.75, 3.05) is 19.6 Å². The predicted molar refractivity (Wildman–Crippen MR) is 90.5 cm³/mol. The van der Waals surface area contributed by atoms with Gasteiger partial charge in [0.1, 0.15) is 0 Å². The van der Waals surface area contributed by atoms with E-state index in [2.05, 4.69) is 4.98 Å². The summed E-state index contributed by atoms with van der Waals surface area (Å²) in [4.78, 5) is 33.4. The Kier molecular flexibility index (Phi) is 4.03. The highest BCUT2D eigenvalue weighted by Crippen LogP contribution is 2.41. The van der Waals surface area contributed by atoms with Gasteiger partial charge in [-0.1, -0.05) is 0 Å². The highest BCUT2D eigenvalue weighted by atomic mass is 16.3. The van der Waals surface area contributed by atoms with E-state index in [1.807, 2.05) is 17.0 Å². The fraction of sp³-hybridized carbons (Fsp3) is 0.421. The van der Waals surface area contributed by atoms with Gasteiger partial charge in [-0.3, -0.25) is 14.6 Å². The van der Waals surface area contributed by atoms with E-state index < -0.39 is 5.41 Å². The summed E-state index contributed by atoms with van der Waals surface area (Å²) in [5, 5.41) is 0. The maximum atomic E-state index is 13.1. The molecule has 0 aromatic carbocycles. The molecule has 0 unspecified atom stereocenters. The lowest BCUT2D eigenvalue weighted by molar-refractivity contribution is -0.138. The van der Waals surface area contributed by atoms with Crippen molar-refractivity contribution in [3.63, 3.8) is 0 Å². The number of likely N-dealkylation sites (tertiary alicyclic amines) is 2. The minimum absolute atomic E-state index is 0.121. The number of pyridine rings is 1. The molecular formula is C19H21N3O3. The second-order valence-electron chi connectivity index (χ2n) is 6.92. The van der Waals surface area contributed by atoms with Crippen molar-refractivity contribution in [2.45, 2.75) is 25.8 Å². The van der Waals surface area contributed by atoms with Gasteiger partial charge in [-0.15, -0.1) is 0 Å². The van der Waals surface area contributed by atoms with Gasteiger partial charge >= 0.3 is 0 Å². The molecular weight excluding hydrogens is 318 g/mol. The van der Waals surface area contributed by atoms with Crippen molar-refractivity contribution in [1.82, 2.24) is 14.8 Å². The molecule has 130 valence electrons. The lowest BCUT2D eigenvalue weighted by Gasteiger charge is -2.38. The fourth-order valence-electron chi connectivity index (χ4n) is 3.99. The van der Waals surface area contributed by atoms with Gasteiger partial charge in [0.25, 0.3) is 5.91 Å². The Labute approximate surface area is 146 Å². The summed E-state index contributed by atoms with van der Waals surface area (Å²) in [6.45, 7) is 2.51. The Bertz CT molecular complexity index is 759. The number of nitrogens with zero attached hydrogens (tertiary/aromatic N) is 3. The Morgan fingerprint density at radius 2 is 2.04 bits per heavy atom. The maximum Gasteiger partial charge on any atom is 0.289 e. The standard InChI is InChI=1S/C19H21N3O3/c23-17(16-3-1-12-25-16)22-10-2-6-19(14-22)7-11-21(18(19)24)13-15-4-8-20-9-5-15/h1,3-5,8-9,12H,2,6-7,10-11,13-14H2/t19-/m0/s1. The third kappa shape index (κ3) is 2.92. The van der Waals surface area contributed by atoms with Crippen LogP contribution in [-0.4, -0.2) is 46.2 Å². The van der Waals surface area contributed by atoms with E-state index >= 15 is 0 Å². The summed E-state index contributed by atoms with van der Waals surface area (Å²) in [7, 11) is 0. The summed E-state index contributed by atoms with van der Waals surface area (Å²) >= 11 is 0. The van der Waals surface area contributed by atoms with Crippen LogP contribution in [0, 0.1) is 5.41 Å². The molecule has 2 aliphatic rings. The summed E-state index contributed by atoms with van der Waals surface area (Å²) < 4.78 is 5.23. The van der Waals surface area contributed by atoms with Crippen molar-refractivity contribution < 1.29 is 14.0 Å². The van der Waals surface area contributed by atoms with Gasteiger partial charge in [0.05, 0.1) is 11.7 Å².